The minimum Gasteiger partial charge on any atom is -0.252 e. The summed E-state index contributed by atoms with van der Waals surface area (Å²) in [6.07, 6.45) is 2.68. The van der Waals surface area contributed by atoms with Crippen LogP contribution >= 0.6 is 11.8 Å². The largest absolute Gasteiger partial charge is 0.252 e. The first-order valence-corrected chi connectivity index (χ1v) is 5.28. The Kier molecular flexibility index (Phi) is 3.69. The van der Waals surface area contributed by atoms with Crippen LogP contribution in [-0.4, -0.2) is 36.1 Å². The van der Waals surface area contributed by atoms with Crippen molar-refractivity contribution in [1.82, 2.24) is 10.4 Å². The highest BCUT2D eigenvalue weighted by molar-refractivity contribution is 7.99. The van der Waals surface area contributed by atoms with E-state index in [-0.39, 0.29) is 0 Å². The average Bonchev–Trinajstić information content (AvgIpc) is 1.93. The van der Waals surface area contributed by atoms with Crippen molar-refractivity contribution < 1.29 is 0 Å². The van der Waals surface area contributed by atoms with Gasteiger partial charge in [0.1, 0.15) is 0 Å². The van der Waals surface area contributed by atoms with Gasteiger partial charge in [0, 0.05) is 31.1 Å². The number of hydrazine groups is 1. The monoisotopic (exact) mass is 174 g/mol. The third-order valence-electron chi connectivity index (χ3n) is 1.94. The van der Waals surface area contributed by atoms with Crippen LogP contribution < -0.4 is 5.43 Å². The molecule has 1 fully saturated rings. The van der Waals surface area contributed by atoms with Crippen molar-refractivity contribution in [3.8, 4) is 0 Å². The van der Waals surface area contributed by atoms with Gasteiger partial charge < -0.3 is 0 Å². The highest BCUT2D eigenvalue weighted by Crippen LogP contribution is 2.24. The fraction of sp³-hybridized carbons (Fsp3) is 1.00. The van der Waals surface area contributed by atoms with Crippen LogP contribution in [0.5, 0.6) is 0 Å². The van der Waals surface area contributed by atoms with Crippen LogP contribution in [0.15, 0.2) is 0 Å². The molecule has 1 saturated heterocycles. The van der Waals surface area contributed by atoms with Gasteiger partial charge >= 0.3 is 0 Å². The van der Waals surface area contributed by atoms with E-state index in [2.05, 4.69) is 43.2 Å². The molecular weight excluding hydrogens is 156 g/mol. The topological polar surface area (TPSA) is 15.3 Å². The molecule has 0 aromatic carbocycles. The molecular formula is C8H18N2S. The van der Waals surface area contributed by atoms with Gasteiger partial charge in [0.05, 0.1) is 0 Å². The van der Waals surface area contributed by atoms with Gasteiger partial charge in [0.25, 0.3) is 0 Å². The zero-order chi connectivity index (χ0) is 8.27. The number of thioether (sulfide) groups is 1. The van der Waals surface area contributed by atoms with Crippen molar-refractivity contribution in [2.45, 2.75) is 31.1 Å². The van der Waals surface area contributed by atoms with E-state index in [4.69, 9.17) is 0 Å². The fourth-order valence-corrected chi connectivity index (χ4v) is 2.45. The van der Waals surface area contributed by atoms with Crippen LogP contribution in [-0.2, 0) is 0 Å². The van der Waals surface area contributed by atoms with E-state index in [1.165, 1.54) is 18.6 Å². The molecule has 1 aliphatic rings. The number of nitrogens with one attached hydrogen (secondary N) is 1. The maximum Gasteiger partial charge on any atom is 0.0306 e. The van der Waals surface area contributed by atoms with Crippen LogP contribution in [0.25, 0.3) is 0 Å². The summed E-state index contributed by atoms with van der Waals surface area (Å²) in [5.74, 6) is 1.26. The zero-order valence-corrected chi connectivity index (χ0v) is 8.45. The lowest BCUT2D eigenvalue weighted by molar-refractivity contribution is 0.241. The summed E-state index contributed by atoms with van der Waals surface area (Å²) in [6, 6.07) is 0.700. The molecule has 0 saturated carbocycles. The Morgan fingerprint density at radius 2 is 2.09 bits per heavy atom. The Balaban J connectivity index is 2.17. The molecule has 0 aromatic rings. The van der Waals surface area contributed by atoms with Gasteiger partial charge in [-0.15, -0.1) is 0 Å². The molecule has 0 spiro atoms. The Labute approximate surface area is 73.7 Å². The summed E-state index contributed by atoms with van der Waals surface area (Å²) in [4.78, 5) is 0. The van der Waals surface area contributed by atoms with Crippen molar-refractivity contribution in [2.75, 3.05) is 19.8 Å². The summed E-state index contributed by atoms with van der Waals surface area (Å²) in [5.41, 5.74) is 3.41. The van der Waals surface area contributed by atoms with Gasteiger partial charge in [-0.2, -0.15) is 11.8 Å². The van der Waals surface area contributed by atoms with Crippen molar-refractivity contribution in [3.05, 3.63) is 0 Å². The molecule has 0 amide bonds. The Hall–Kier alpha value is 0.270. The highest BCUT2D eigenvalue weighted by Gasteiger charge is 2.18. The molecule has 1 rings (SSSR count). The lowest BCUT2D eigenvalue weighted by Gasteiger charge is -2.29. The summed E-state index contributed by atoms with van der Waals surface area (Å²) >= 11 is 2.08. The van der Waals surface area contributed by atoms with Gasteiger partial charge in [-0.3, -0.25) is 10.4 Å². The molecule has 2 atom stereocenters. The molecule has 1 aliphatic heterocycles. The Morgan fingerprint density at radius 3 is 2.55 bits per heavy atom. The van der Waals surface area contributed by atoms with E-state index in [0.717, 1.165) is 5.25 Å². The van der Waals surface area contributed by atoms with Gasteiger partial charge in [-0.05, 0) is 12.8 Å². The summed E-state index contributed by atoms with van der Waals surface area (Å²) in [5, 5.41) is 2.93. The number of nitrogens with zero attached hydrogens (tertiary/aromatic N) is 1. The SMILES string of the molecule is CC1CCC(NN(C)C)CS1. The molecule has 3 heteroatoms. The normalized spacial score (nSPS) is 32.7. The van der Waals surface area contributed by atoms with E-state index < -0.39 is 0 Å². The lowest BCUT2D eigenvalue weighted by atomic mass is 10.1. The maximum absolute atomic E-state index is 3.41. The lowest BCUT2D eigenvalue weighted by Crippen LogP contribution is -2.43. The minimum atomic E-state index is 0.700. The van der Waals surface area contributed by atoms with E-state index in [1.54, 1.807) is 0 Å². The standard InChI is InChI=1S/C8H18N2S/c1-7-4-5-8(6-11-7)9-10(2)3/h7-9H,4-6H2,1-3H3. The Morgan fingerprint density at radius 1 is 1.36 bits per heavy atom. The number of rotatable bonds is 2. The van der Waals surface area contributed by atoms with Gasteiger partial charge in [0.2, 0.25) is 0 Å². The fourth-order valence-electron chi connectivity index (χ4n) is 1.35. The molecule has 11 heavy (non-hydrogen) atoms. The van der Waals surface area contributed by atoms with E-state index in [0.29, 0.717) is 6.04 Å². The van der Waals surface area contributed by atoms with Crippen molar-refractivity contribution >= 4 is 11.8 Å². The number of hydrogen-bond acceptors (Lipinski definition) is 3. The second kappa shape index (κ2) is 4.33. The summed E-state index contributed by atoms with van der Waals surface area (Å²) in [6.45, 7) is 2.32. The molecule has 2 nitrogen and oxygen atoms in total. The molecule has 1 N–H and O–H groups in total. The first-order valence-electron chi connectivity index (χ1n) is 4.23. The van der Waals surface area contributed by atoms with Crippen LogP contribution in [0.4, 0.5) is 0 Å². The molecule has 0 radical (unpaired) electrons. The predicted molar refractivity (Wildman–Crippen MR) is 51.8 cm³/mol. The van der Waals surface area contributed by atoms with Crippen molar-refractivity contribution in [2.24, 2.45) is 0 Å². The van der Waals surface area contributed by atoms with Crippen LogP contribution in [0.2, 0.25) is 0 Å². The minimum absolute atomic E-state index is 0.700. The first kappa shape index (κ1) is 9.36. The smallest absolute Gasteiger partial charge is 0.0306 e. The third-order valence-corrected chi connectivity index (χ3v) is 3.34. The van der Waals surface area contributed by atoms with Gasteiger partial charge in [-0.1, -0.05) is 6.92 Å². The average molecular weight is 174 g/mol. The van der Waals surface area contributed by atoms with Crippen molar-refractivity contribution in [1.29, 1.82) is 0 Å². The zero-order valence-electron chi connectivity index (χ0n) is 7.63. The van der Waals surface area contributed by atoms with Gasteiger partial charge in [0.15, 0.2) is 0 Å². The molecule has 2 unspecified atom stereocenters. The summed E-state index contributed by atoms with van der Waals surface area (Å²) in [7, 11) is 4.12. The maximum atomic E-state index is 3.41. The second-order valence-corrected chi connectivity index (χ2v) is 4.91. The molecule has 66 valence electrons. The second-order valence-electron chi connectivity index (χ2n) is 3.44. The number of hydrogen-bond donors (Lipinski definition) is 1. The molecule has 0 bridgehead atoms. The predicted octanol–water partition coefficient (Wildman–Crippen LogP) is 1.34. The van der Waals surface area contributed by atoms with Crippen molar-refractivity contribution in [3.63, 3.8) is 0 Å². The summed E-state index contributed by atoms with van der Waals surface area (Å²) < 4.78 is 0. The van der Waals surface area contributed by atoms with Crippen LogP contribution in [0.3, 0.4) is 0 Å². The van der Waals surface area contributed by atoms with Crippen LogP contribution in [0, 0.1) is 0 Å². The highest BCUT2D eigenvalue weighted by atomic mass is 32.2. The van der Waals surface area contributed by atoms with Gasteiger partial charge in [-0.25, -0.2) is 0 Å². The van der Waals surface area contributed by atoms with Crippen LogP contribution in [0.1, 0.15) is 19.8 Å². The quantitative estimate of drug-likeness (QED) is 0.636. The van der Waals surface area contributed by atoms with E-state index >= 15 is 0 Å². The first-order chi connectivity index (χ1) is 5.18. The third kappa shape index (κ3) is 3.45. The molecule has 0 aliphatic carbocycles. The Bertz CT molecular complexity index is 109. The molecule has 0 aromatic heterocycles. The van der Waals surface area contributed by atoms with E-state index in [9.17, 15) is 0 Å². The molecule has 1 heterocycles. The van der Waals surface area contributed by atoms with E-state index in [1.807, 2.05) is 0 Å².